The summed E-state index contributed by atoms with van der Waals surface area (Å²) in [6, 6.07) is 9.53. The van der Waals surface area contributed by atoms with E-state index in [9.17, 15) is 4.79 Å². The Labute approximate surface area is 156 Å². The number of carbonyl (C=O) groups is 1. The van der Waals surface area contributed by atoms with Crippen molar-refractivity contribution in [1.82, 2.24) is 5.43 Å². The number of benzene rings is 2. The van der Waals surface area contributed by atoms with Crippen LogP contribution in [0, 0.1) is 20.8 Å². The Balaban J connectivity index is 1.91. The van der Waals surface area contributed by atoms with Crippen LogP contribution in [0.15, 0.2) is 39.9 Å². The van der Waals surface area contributed by atoms with Crippen molar-refractivity contribution in [2.75, 3.05) is 13.7 Å². The van der Waals surface area contributed by atoms with Crippen LogP contribution in [0.1, 0.15) is 22.3 Å². The van der Waals surface area contributed by atoms with Gasteiger partial charge in [-0.05, 0) is 77.2 Å². The Morgan fingerprint density at radius 1 is 1.20 bits per heavy atom. The molecule has 25 heavy (non-hydrogen) atoms. The summed E-state index contributed by atoms with van der Waals surface area (Å²) >= 11 is 3.40. The first-order chi connectivity index (χ1) is 11.9. The summed E-state index contributed by atoms with van der Waals surface area (Å²) in [4.78, 5) is 11.9. The largest absolute Gasteiger partial charge is 0.496 e. The minimum atomic E-state index is -0.316. The van der Waals surface area contributed by atoms with E-state index in [1.54, 1.807) is 13.3 Å². The van der Waals surface area contributed by atoms with Gasteiger partial charge in [0.25, 0.3) is 5.91 Å². The van der Waals surface area contributed by atoms with Crippen LogP contribution in [-0.2, 0) is 4.79 Å². The second-order valence-corrected chi connectivity index (χ2v) is 6.48. The molecular formula is C19H21BrN2O3. The Morgan fingerprint density at radius 3 is 2.60 bits per heavy atom. The Kier molecular flexibility index (Phi) is 6.58. The lowest BCUT2D eigenvalue weighted by atomic mass is 10.1. The molecule has 0 aliphatic heterocycles. The average Bonchev–Trinajstić information content (AvgIpc) is 2.58. The second-order valence-electron chi connectivity index (χ2n) is 5.63. The van der Waals surface area contributed by atoms with Gasteiger partial charge < -0.3 is 9.47 Å². The summed E-state index contributed by atoms with van der Waals surface area (Å²) in [6.45, 7) is 5.86. The third kappa shape index (κ3) is 5.06. The van der Waals surface area contributed by atoms with Crippen molar-refractivity contribution in [1.29, 1.82) is 0 Å². The molecule has 0 aliphatic rings. The van der Waals surface area contributed by atoms with Gasteiger partial charge in [-0.25, -0.2) is 5.43 Å². The lowest BCUT2D eigenvalue weighted by Gasteiger charge is -2.13. The number of hydrogen-bond acceptors (Lipinski definition) is 4. The smallest absolute Gasteiger partial charge is 0.277 e. The molecule has 1 amide bonds. The predicted octanol–water partition coefficient (Wildman–Crippen LogP) is 3.91. The molecule has 1 N–H and O–H groups in total. The van der Waals surface area contributed by atoms with Crippen molar-refractivity contribution in [2.24, 2.45) is 5.10 Å². The van der Waals surface area contributed by atoms with Gasteiger partial charge >= 0.3 is 0 Å². The Morgan fingerprint density at radius 2 is 1.92 bits per heavy atom. The lowest BCUT2D eigenvalue weighted by molar-refractivity contribution is -0.123. The predicted molar refractivity (Wildman–Crippen MR) is 103 cm³/mol. The van der Waals surface area contributed by atoms with E-state index >= 15 is 0 Å². The number of rotatable bonds is 6. The molecule has 0 saturated heterocycles. The number of methoxy groups -OCH3 is 1. The van der Waals surface area contributed by atoms with Crippen LogP contribution in [0.25, 0.3) is 0 Å². The molecule has 132 valence electrons. The zero-order valence-corrected chi connectivity index (χ0v) is 16.3. The zero-order chi connectivity index (χ0) is 18.4. The summed E-state index contributed by atoms with van der Waals surface area (Å²) in [5, 5.41) is 3.95. The van der Waals surface area contributed by atoms with Crippen molar-refractivity contribution >= 4 is 28.1 Å². The minimum Gasteiger partial charge on any atom is -0.496 e. The topological polar surface area (TPSA) is 59.9 Å². The molecule has 2 aromatic carbocycles. The molecule has 6 heteroatoms. The SMILES string of the molecule is COc1ccc(/C=N/NC(=O)COc2c(C)ccc(C)c2C)cc1Br. The number of hydrogen-bond donors (Lipinski definition) is 1. The number of ether oxygens (including phenoxy) is 2. The highest BCUT2D eigenvalue weighted by atomic mass is 79.9. The van der Waals surface area contributed by atoms with Gasteiger partial charge in [0.05, 0.1) is 17.8 Å². The van der Waals surface area contributed by atoms with Gasteiger partial charge in [0.1, 0.15) is 11.5 Å². The van der Waals surface area contributed by atoms with Crippen molar-refractivity contribution in [2.45, 2.75) is 20.8 Å². The van der Waals surface area contributed by atoms with Crippen LogP contribution in [0.3, 0.4) is 0 Å². The fourth-order valence-corrected chi connectivity index (χ4v) is 2.82. The molecule has 0 atom stereocenters. The first-order valence-corrected chi connectivity index (χ1v) is 8.56. The highest BCUT2D eigenvalue weighted by Crippen LogP contribution is 2.26. The lowest BCUT2D eigenvalue weighted by Crippen LogP contribution is -2.25. The number of hydrazone groups is 1. The van der Waals surface area contributed by atoms with Gasteiger partial charge in [0, 0.05) is 0 Å². The standard InChI is InChI=1S/C19H21BrN2O3/c1-12-5-6-13(2)19(14(12)3)25-11-18(23)22-21-10-15-7-8-17(24-4)16(20)9-15/h5-10H,11H2,1-4H3,(H,22,23)/b21-10+. The molecule has 0 aliphatic carbocycles. The molecule has 0 unspecified atom stereocenters. The molecule has 2 aromatic rings. The maximum absolute atomic E-state index is 11.9. The first-order valence-electron chi connectivity index (χ1n) is 7.77. The Hall–Kier alpha value is -2.34. The van der Waals surface area contributed by atoms with Crippen LogP contribution in [0.2, 0.25) is 0 Å². The summed E-state index contributed by atoms with van der Waals surface area (Å²) < 4.78 is 11.6. The third-order valence-electron chi connectivity index (χ3n) is 3.80. The summed E-state index contributed by atoms with van der Waals surface area (Å²) in [5.74, 6) is 1.17. The monoisotopic (exact) mass is 404 g/mol. The van der Waals surface area contributed by atoms with Crippen LogP contribution >= 0.6 is 15.9 Å². The zero-order valence-electron chi connectivity index (χ0n) is 14.7. The molecule has 0 radical (unpaired) electrons. The number of amides is 1. The van der Waals surface area contributed by atoms with Crippen molar-refractivity contribution in [3.63, 3.8) is 0 Å². The van der Waals surface area contributed by atoms with E-state index < -0.39 is 0 Å². The summed E-state index contributed by atoms with van der Waals surface area (Å²) in [5.41, 5.74) is 6.47. The van der Waals surface area contributed by atoms with Crippen LogP contribution in [0.4, 0.5) is 0 Å². The van der Waals surface area contributed by atoms with Crippen molar-refractivity contribution < 1.29 is 14.3 Å². The van der Waals surface area contributed by atoms with E-state index in [4.69, 9.17) is 9.47 Å². The third-order valence-corrected chi connectivity index (χ3v) is 4.42. The minimum absolute atomic E-state index is 0.0885. The van der Waals surface area contributed by atoms with Crippen LogP contribution in [-0.4, -0.2) is 25.8 Å². The van der Waals surface area contributed by atoms with Crippen LogP contribution < -0.4 is 14.9 Å². The van der Waals surface area contributed by atoms with E-state index in [0.29, 0.717) is 0 Å². The molecule has 0 fully saturated rings. The Bertz CT molecular complexity index is 803. The molecule has 5 nitrogen and oxygen atoms in total. The molecule has 0 aromatic heterocycles. The van der Waals surface area contributed by atoms with E-state index in [2.05, 4.69) is 26.5 Å². The highest BCUT2D eigenvalue weighted by Gasteiger charge is 2.08. The number of nitrogens with one attached hydrogen (secondary N) is 1. The number of carbonyl (C=O) groups excluding carboxylic acids is 1. The molecule has 0 spiro atoms. The highest BCUT2D eigenvalue weighted by molar-refractivity contribution is 9.10. The first kappa shape index (κ1) is 19.0. The van der Waals surface area contributed by atoms with Gasteiger partial charge in [-0.3, -0.25) is 4.79 Å². The average molecular weight is 405 g/mol. The fraction of sp³-hybridized carbons (Fsp3) is 0.263. The van der Waals surface area contributed by atoms with E-state index in [-0.39, 0.29) is 12.5 Å². The van der Waals surface area contributed by atoms with Gasteiger partial charge in [0.15, 0.2) is 6.61 Å². The van der Waals surface area contributed by atoms with Gasteiger partial charge in [-0.1, -0.05) is 12.1 Å². The summed E-state index contributed by atoms with van der Waals surface area (Å²) in [7, 11) is 1.60. The maximum Gasteiger partial charge on any atom is 0.277 e. The normalized spacial score (nSPS) is 10.8. The molecule has 2 rings (SSSR count). The number of nitrogens with zero attached hydrogens (tertiary/aromatic N) is 1. The molecule has 0 saturated carbocycles. The van der Waals surface area contributed by atoms with Gasteiger partial charge in [-0.2, -0.15) is 5.10 Å². The van der Waals surface area contributed by atoms with E-state index in [0.717, 1.165) is 38.2 Å². The maximum atomic E-state index is 11.9. The number of aryl methyl sites for hydroxylation is 2. The fourth-order valence-electron chi connectivity index (χ4n) is 2.26. The van der Waals surface area contributed by atoms with Crippen molar-refractivity contribution in [3.8, 4) is 11.5 Å². The van der Waals surface area contributed by atoms with Gasteiger partial charge in [-0.15, -0.1) is 0 Å². The molecule has 0 bridgehead atoms. The van der Waals surface area contributed by atoms with Crippen molar-refractivity contribution in [3.05, 3.63) is 57.1 Å². The van der Waals surface area contributed by atoms with E-state index in [1.807, 2.05) is 51.1 Å². The molecular weight excluding hydrogens is 384 g/mol. The quantitative estimate of drug-likeness (QED) is 0.586. The van der Waals surface area contributed by atoms with Gasteiger partial charge in [0.2, 0.25) is 0 Å². The second kappa shape index (κ2) is 8.67. The molecule has 0 heterocycles. The van der Waals surface area contributed by atoms with Crippen LogP contribution in [0.5, 0.6) is 11.5 Å². The van der Waals surface area contributed by atoms with E-state index in [1.165, 1.54) is 0 Å². The summed E-state index contributed by atoms with van der Waals surface area (Å²) in [6.07, 6.45) is 1.56. The number of halogens is 1.